The summed E-state index contributed by atoms with van der Waals surface area (Å²) in [7, 11) is 3.30. The fraction of sp³-hybridized carbons (Fsp3) is 0.300. The van der Waals surface area contributed by atoms with Crippen molar-refractivity contribution < 1.29 is 9.47 Å². The zero-order valence-corrected chi connectivity index (χ0v) is 14.7. The molecule has 0 bridgehead atoms. The van der Waals surface area contributed by atoms with E-state index < -0.39 is 0 Å². The fourth-order valence-corrected chi connectivity index (χ4v) is 3.30. The first-order valence-corrected chi connectivity index (χ1v) is 8.57. The summed E-state index contributed by atoms with van der Waals surface area (Å²) >= 11 is 0. The molecule has 2 aliphatic heterocycles. The van der Waals surface area contributed by atoms with E-state index in [2.05, 4.69) is 17.6 Å². The smallest absolute Gasteiger partial charge is 0.163 e. The average molecular weight is 335 g/mol. The summed E-state index contributed by atoms with van der Waals surface area (Å²) in [5.74, 6) is 2.32. The Hall–Kier alpha value is -2.82. The molecule has 0 aliphatic carbocycles. The van der Waals surface area contributed by atoms with Gasteiger partial charge in [-0.15, -0.1) is 0 Å². The van der Waals surface area contributed by atoms with E-state index in [4.69, 9.17) is 19.4 Å². The maximum absolute atomic E-state index is 5.49. The predicted octanol–water partition coefficient (Wildman–Crippen LogP) is 4.51. The maximum atomic E-state index is 5.49. The Labute approximate surface area is 146 Å². The maximum Gasteiger partial charge on any atom is 0.163 e. The van der Waals surface area contributed by atoms with Crippen LogP contribution in [0.4, 0.5) is 0 Å². The molecule has 5 nitrogen and oxygen atoms in total. The number of ether oxygens (including phenoxy) is 2. The summed E-state index contributed by atoms with van der Waals surface area (Å²) in [6.07, 6.45) is 2.20. The number of nitrogens with zero attached hydrogens (tertiary/aromatic N) is 3. The molecule has 0 fully saturated rings. The van der Waals surface area contributed by atoms with Crippen LogP contribution in [0.15, 0.2) is 36.4 Å². The van der Waals surface area contributed by atoms with Crippen LogP contribution in [-0.4, -0.2) is 28.8 Å². The third-order valence-corrected chi connectivity index (χ3v) is 4.59. The van der Waals surface area contributed by atoms with Crippen LogP contribution < -0.4 is 9.47 Å². The van der Waals surface area contributed by atoms with Gasteiger partial charge in [0.1, 0.15) is 5.69 Å². The summed E-state index contributed by atoms with van der Waals surface area (Å²) in [5.41, 5.74) is 3.82. The number of fused-ring (bicyclic) bond motifs is 4. The number of hydrogen-bond donors (Lipinski definition) is 0. The molecule has 128 valence electrons. The van der Waals surface area contributed by atoms with Crippen LogP contribution in [0.1, 0.15) is 19.8 Å². The number of methoxy groups -OCH3 is 2. The molecule has 0 amide bonds. The summed E-state index contributed by atoms with van der Waals surface area (Å²) in [6, 6.07) is 12.1. The molecule has 2 aromatic rings. The van der Waals surface area contributed by atoms with Crippen molar-refractivity contribution in [2.75, 3.05) is 14.2 Å². The lowest BCUT2D eigenvalue weighted by atomic mass is 10.2. The van der Waals surface area contributed by atoms with Gasteiger partial charge in [-0.2, -0.15) is 0 Å². The van der Waals surface area contributed by atoms with Gasteiger partial charge < -0.3 is 14.0 Å². The molecule has 0 spiro atoms. The topological polar surface area (TPSA) is 49.2 Å². The number of benzene rings is 2. The van der Waals surface area contributed by atoms with E-state index >= 15 is 0 Å². The van der Waals surface area contributed by atoms with Crippen LogP contribution in [0.25, 0.3) is 33.5 Å². The molecular formula is C20H21N3O2. The third kappa shape index (κ3) is 2.47. The highest BCUT2D eigenvalue weighted by molar-refractivity contribution is 5.97. The molecule has 0 atom stereocenters. The Balaban J connectivity index is 2.10. The minimum Gasteiger partial charge on any atom is -0.493 e. The second kappa shape index (κ2) is 6.24. The van der Waals surface area contributed by atoms with Crippen LogP contribution in [0.2, 0.25) is 0 Å². The Bertz CT molecular complexity index is 1020. The molecule has 0 unspecified atom stereocenters. The SMILES string of the molecule is CCCCn1c2nc3ccccc3c-2nc2cc(OC)c(OC)cc21. The molecule has 25 heavy (non-hydrogen) atoms. The van der Waals surface area contributed by atoms with Gasteiger partial charge in [0.2, 0.25) is 0 Å². The van der Waals surface area contributed by atoms with Gasteiger partial charge in [-0.1, -0.05) is 31.5 Å². The van der Waals surface area contributed by atoms with Gasteiger partial charge in [0.15, 0.2) is 17.3 Å². The number of unbranched alkanes of at least 4 members (excludes halogenated alkanes) is 1. The van der Waals surface area contributed by atoms with Crippen molar-refractivity contribution in [3.8, 4) is 23.0 Å². The lowest BCUT2D eigenvalue weighted by Gasteiger charge is -2.17. The largest absolute Gasteiger partial charge is 0.493 e. The standard InChI is InChI=1S/C20H21N3O2/c1-4-5-10-23-16-12-18(25-3)17(24-2)11-15(16)21-19-13-8-6-7-9-14(13)22-20(19)23/h6-9,11-12H,4-5,10H2,1-3H3. The second-order valence-corrected chi connectivity index (χ2v) is 6.11. The van der Waals surface area contributed by atoms with Gasteiger partial charge in [0.05, 0.1) is 30.8 Å². The summed E-state index contributed by atoms with van der Waals surface area (Å²) < 4.78 is 13.2. The number of aromatic nitrogens is 3. The Kier molecular flexibility index (Phi) is 3.92. The number of hydrogen-bond acceptors (Lipinski definition) is 4. The Morgan fingerprint density at radius 3 is 2.48 bits per heavy atom. The number of aryl methyl sites for hydroxylation is 1. The zero-order chi connectivity index (χ0) is 17.4. The molecular weight excluding hydrogens is 314 g/mol. The highest BCUT2D eigenvalue weighted by Gasteiger charge is 2.20. The van der Waals surface area contributed by atoms with Crippen LogP contribution in [0, 0.1) is 0 Å². The van der Waals surface area contributed by atoms with Crippen molar-refractivity contribution in [1.82, 2.24) is 14.5 Å². The van der Waals surface area contributed by atoms with Crippen molar-refractivity contribution >= 4 is 21.9 Å². The van der Waals surface area contributed by atoms with E-state index in [-0.39, 0.29) is 0 Å². The average Bonchev–Trinajstić information content (AvgIpc) is 3.02. The van der Waals surface area contributed by atoms with Gasteiger partial charge in [0.25, 0.3) is 0 Å². The summed E-state index contributed by atoms with van der Waals surface area (Å²) in [4.78, 5) is 9.74. The lowest BCUT2D eigenvalue weighted by Crippen LogP contribution is -2.08. The summed E-state index contributed by atoms with van der Waals surface area (Å²) in [6.45, 7) is 3.09. The van der Waals surface area contributed by atoms with Crippen LogP contribution in [0.5, 0.6) is 11.5 Å². The molecule has 0 radical (unpaired) electrons. The minimum absolute atomic E-state index is 0.688. The monoisotopic (exact) mass is 335 g/mol. The molecule has 4 rings (SSSR count). The first kappa shape index (κ1) is 15.7. The first-order chi connectivity index (χ1) is 12.3. The molecule has 2 aromatic carbocycles. The first-order valence-electron chi connectivity index (χ1n) is 8.57. The minimum atomic E-state index is 0.688. The second-order valence-electron chi connectivity index (χ2n) is 6.11. The quantitative estimate of drug-likeness (QED) is 0.538. The summed E-state index contributed by atoms with van der Waals surface area (Å²) in [5, 5.41) is 1.08. The van der Waals surface area contributed by atoms with Crippen molar-refractivity contribution in [3.63, 3.8) is 0 Å². The van der Waals surface area contributed by atoms with Crippen molar-refractivity contribution in [2.24, 2.45) is 0 Å². The highest BCUT2D eigenvalue weighted by atomic mass is 16.5. The molecule has 0 aromatic heterocycles. The van der Waals surface area contributed by atoms with E-state index in [1.165, 1.54) is 0 Å². The van der Waals surface area contributed by atoms with E-state index in [1.54, 1.807) is 14.2 Å². The van der Waals surface area contributed by atoms with Crippen LogP contribution in [0.3, 0.4) is 0 Å². The normalized spacial score (nSPS) is 11.5. The third-order valence-electron chi connectivity index (χ3n) is 4.59. The van der Waals surface area contributed by atoms with Gasteiger partial charge in [0, 0.05) is 24.1 Å². The molecule has 0 saturated heterocycles. The van der Waals surface area contributed by atoms with Gasteiger partial charge >= 0.3 is 0 Å². The molecule has 0 N–H and O–H groups in total. The van der Waals surface area contributed by atoms with Crippen molar-refractivity contribution in [3.05, 3.63) is 36.4 Å². The van der Waals surface area contributed by atoms with Gasteiger partial charge in [-0.3, -0.25) is 0 Å². The highest BCUT2D eigenvalue weighted by Crippen LogP contribution is 2.37. The Morgan fingerprint density at radius 2 is 1.72 bits per heavy atom. The Morgan fingerprint density at radius 1 is 0.960 bits per heavy atom. The number of para-hydroxylation sites is 1. The van der Waals surface area contributed by atoms with E-state index in [1.807, 2.05) is 30.3 Å². The van der Waals surface area contributed by atoms with Crippen LogP contribution in [-0.2, 0) is 6.54 Å². The van der Waals surface area contributed by atoms with E-state index in [9.17, 15) is 0 Å². The van der Waals surface area contributed by atoms with Crippen molar-refractivity contribution in [1.29, 1.82) is 0 Å². The molecule has 2 heterocycles. The van der Waals surface area contributed by atoms with Crippen LogP contribution >= 0.6 is 0 Å². The zero-order valence-electron chi connectivity index (χ0n) is 14.7. The van der Waals surface area contributed by atoms with Crippen molar-refractivity contribution in [2.45, 2.75) is 26.3 Å². The van der Waals surface area contributed by atoms with Gasteiger partial charge in [-0.05, 0) is 12.5 Å². The molecule has 0 saturated carbocycles. The fourth-order valence-electron chi connectivity index (χ4n) is 3.30. The lowest BCUT2D eigenvalue weighted by molar-refractivity contribution is 0.355. The molecule has 2 aliphatic rings. The van der Waals surface area contributed by atoms with Gasteiger partial charge in [-0.25, -0.2) is 9.97 Å². The predicted molar refractivity (Wildman–Crippen MR) is 99.7 cm³/mol. The molecule has 5 heteroatoms. The van der Waals surface area contributed by atoms with E-state index in [0.717, 1.165) is 52.8 Å². The van der Waals surface area contributed by atoms with E-state index in [0.29, 0.717) is 11.5 Å². The number of rotatable bonds is 5.